The van der Waals surface area contributed by atoms with Gasteiger partial charge in [-0.15, -0.1) is 0 Å². The molecular weight excluding hydrogens is 288 g/mol. The maximum atomic E-state index is 12.8. The van der Waals surface area contributed by atoms with E-state index in [-0.39, 0.29) is 5.97 Å². The number of unbranched alkanes of at least 4 members (excludes halogenated alkanes) is 2. The molecule has 3 nitrogen and oxygen atoms in total. The third-order valence-corrected chi connectivity index (χ3v) is 5.35. The number of ether oxygens (including phenoxy) is 2. The van der Waals surface area contributed by atoms with Crippen molar-refractivity contribution in [2.45, 2.75) is 76.4 Å². The molecule has 0 radical (unpaired) electrons. The molecule has 2 aliphatic rings. The van der Waals surface area contributed by atoms with Gasteiger partial charge in [-0.1, -0.05) is 62.4 Å². The van der Waals surface area contributed by atoms with Crippen molar-refractivity contribution < 1.29 is 14.3 Å². The minimum absolute atomic E-state index is 0.143. The fourth-order valence-electron chi connectivity index (χ4n) is 3.90. The zero-order chi connectivity index (χ0) is 16.3. The summed E-state index contributed by atoms with van der Waals surface area (Å²) in [4.78, 5) is 12.8. The van der Waals surface area contributed by atoms with E-state index in [9.17, 15) is 4.79 Å². The van der Waals surface area contributed by atoms with Crippen molar-refractivity contribution >= 4 is 5.97 Å². The number of hydrogen-bond acceptors (Lipinski definition) is 3. The SMILES string of the molecule is CCCCCOC(=O)C12CCCCCC1(c1ccc(C)cc1)O2. The van der Waals surface area contributed by atoms with Crippen LogP contribution in [-0.4, -0.2) is 18.2 Å². The number of hydrogen-bond donors (Lipinski definition) is 0. The standard InChI is InChI=1S/C20H28O3/c1-3-4-8-15-22-18(21)20-14-7-5-6-13-19(20,23-20)17-11-9-16(2)10-12-17/h9-12H,3-8,13-15H2,1-2H3. The van der Waals surface area contributed by atoms with Gasteiger partial charge in [0.2, 0.25) is 0 Å². The smallest absolute Gasteiger partial charge is 0.341 e. The van der Waals surface area contributed by atoms with Gasteiger partial charge in [-0.25, -0.2) is 4.79 Å². The Morgan fingerprint density at radius 1 is 1.13 bits per heavy atom. The molecule has 0 aromatic heterocycles. The van der Waals surface area contributed by atoms with Crippen molar-refractivity contribution in [1.82, 2.24) is 0 Å². The van der Waals surface area contributed by atoms with Crippen LogP contribution < -0.4 is 0 Å². The first-order valence-electron chi connectivity index (χ1n) is 9.09. The molecule has 3 heteroatoms. The van der Waals surface area contributed by atoms with Gasteiger partial charge in [-0.05, 0) is 38.2 Å². The van der Waals surface area contributed by atoms with E-state index >= 15 is 0 Å². The number of rotatable bonds is 6. The summed E-state index contributed by atoms with van der Waals surface area (Å²) >= 11 is 0. The summed E-state index contributed by atoms with van der Waals surface area (Å²) in [5.74, 6) is -0.143. The largest absolute Gasteiger partial charge is 0.463 e. The lowest BCUT2D eigenvalue weighted by Gasteiger charge is -2.17. The Kier molecular flexibility index (Phi) is 4.77. The summed E-state index contributed by atoms with van der Waals surface area (Å²) in [7, 11) is 0. The molecule has 2 atom stereocenters. The van der Waals surface area contributed by atoms with Crippen LogP contribution in [0.1, 0.15) is 69.4 Å². The highest BCUT2D eigenvalue weighted by Gasteiger charge is 2.75. The molecule has 1 aromatic carbocycles. The quantitative estimate of drug-likeness (QED) is 0.435. The lowest BCUT2D eigenvalue weighted by Crippen LogP contribution is -2.34. The number of esters is 1. The van der Waals surface area contributed by atoms with E-state index < -0.39 is 11.2 Å². The summed E-state index contributed by atoms with van der Waals surface area (Å²) in [6.45, 7) is 4.75. The maximum absolute atomic E-state index is 12.8. The molecule has 2 fully saturated rings. The number of carbonyl (C=O) groups excluding carboxylic acids is 1. The van der Waals surface area contributed by atoms with E-state index in [4.69, 9.17) is 9.47 Å². The molecule has 0 bridgehead atoms. The van der Waals surface area contributed by atoms with Gasteiger partial charge in [0, 0.05) is 0 Å². The van der Waals surface area contributed by atoms with Crippen LogP contribution in [0.3, 0.4) is 0 Å². The average Bonchev–Trinajstić information content (AvgIpc) is 3.23. The summed E-state index contributed by atoms with van der Waals surface area (Å²) in [5.41, 5.74) is 1.19. The highest BCUT2D eigenvalue weighted by Crippen LogP contribution is 2.63. The van der Waals surface area contributed by atoms with Crippen molar-refractivity contribution in [1.29, 1.82) is 0 Å². The Balaban J connectivity index is 1.78. The van der Waals surface area contributed by atoms with E-state index in [1.54, 1.807) is 0 Å². The zero-order valence-corrected chi connectivity index (χ0v) is 14.4. The minimum Gasteiger partial charge on any atom is -0.463 e. The normalized spacial score (nSPS) is 29.5. The topological polar surface area (TPSA) is 38.8 Å². The van der Waals surface area contributed by atoms with E-state index in [1.807, 2.05) is 0 Å². The van der Waals surface area contributed by atoms with Crippen molar-refractivity contribution in [3.8, 4) is 0 Å². The number of fused-ring (bicyclic) bond motifs is 1. The molecule has 1 saturated heterocycles. The highest BCUT2D eigenvalue weighted by molar-refractivity contribution is 5.85. The molecular formula is C20H28O3. The zero-order valence-electron chi connectivity index (χ0n) is 14.4. The molecule has 1 aliphatic heterocycles. The highest BCUT2D eigenvalue weighted by atomic mass is 16.7. The maximum Gasteiger partial charge on any atom is 0.341 e. The van der Waals surface area contributed by atoms with Crippen LogP contribution in [0.25, 0.3) is 0 Å². The third-order valence-electron chi connectivity index (χ3n) is 5.35. The monoisotopic (exact) mass is 316 g/mol. The van der Waals surface area contributed by atoms with Gasteiger partial charge in [-0.3, -0.25) is 0 Å². The van der Waals surface area contributed by atoms with Gasteiger partial charge in [0.1, 0.15) is 5.60 Å². The minimum atomic E-state index is -0.731. The number of aryl methyl sites for hydroxylation is 1. The number of carbonyl (C=O) groups is 1. The van der Waals surface area contributed by atoms with Crippen LogP contribution in [0.5, 0.6) is 0 Å². The van der Waals surface area contributed by atoms with Crippen molar-refractivity contribution in [3.05, 3.63) is 35.4 Å². The van der Waals surface area contributed by atoms with Crippen LogP contribution >= 0.6 is 0 Å². The summed E-state index contributed by atoms with van der Waals surface area (Å²) in [6, 6.07) is 8.45. The lowest BCUT2D eigenvalue weighted by molar-refractivity contribution is -0.150. The molecule has 2 unspecified atom stereocenters. The Hall–Kier alpha value is -1.35. The molecule has 1 aromatic rings. The lowest BCUT2D eigenvalue weighted by atomic mass is 9.82. The average molecular weight is 316 g/mol. The third kappa shape index (κ3) is 2.91. The van der Waals surface area contributed by atoms with Crippen molar-refractivity contribution in [2.75, 3.05) is 6.61 Å². The van der Waals surface area contributed by atoms with Crippen LogP contribution in [0.4, 0.5) is 0 Å². The molecule has 1 saturated carbocycles. The van der Waals surface area contributed by atoms with E-state index in [0.717, 1.165) is 50.5 Å². The summed E-state index contributed by atoms with van der Waals surface area (Å²) in [6.07, 6.45) is 8.19. The van der Waals surface area contributed by atoms with Crippen LogP contribution in [0, 0.1) is 6.92 Å². The van der Waals surface area contributed by atoms with Gasteiger partial charge < -0.3 is 9.47 Å². The first kappa shape index (κ1) is 16.5. The molecule has 126 valence electrons. The Bertz CT molecular complexity index is 551. The van der Waals surface area contributed by atoms with Crippen LogP contribution in [0.15, 0.2) is 24.3 Å². The fourth-order valence-corrected chi connectivity index (χ4v) is 3.90. The van der Waals surface area contributed by atoms with E-state index in [0.29, 0.717) is 6.61 Å². The van der Waals surface area contributed by atoms with Crippen LogP contribution in [0.2, 0.25) is 0 Å². The molecule has 23 heavy (non-hydrogen) atoms. The van der Waals surface area contributed by atoms with Gasteiger partial charge in [0.05, 0.1) is 6.61 Å². The summed E-state index contributed by atoms with van der Waals surface area (Å²) < 4.78 is 11.8. The van der Waals surface area contributed by atoms with Gasteiger partial charge in [-0.2, -0.15) is 0 Å². The molecule has 1 heterocycles. The van der Waals surface area contributed by atoms with Gasteiger partial charge >= 0.3 is 5.97 Å². The number of epoxide rings is 1. The molecule has 1 aliphatic carbocycles. The van der Waals surface area contributed by atoms with E-state index in [2.05, 4.69) is 38.1 Å². The van der Waals surface area contributed by atoms with Crippen molar-refractivity contribution in [3.63, 3.8) is 0 Å². The first-order valence-corrected chi connectivity index (χ1v) is 9.09. The first-order chi connectivity index (χ1) is 11.1. The molecule has 3 rings (SSSR count). The van der Waals surface area contributed by atoms with Gasteiger partial charge in [0.25, 0.3) is 0 Å². The second-order valence-corrected chi connectivity index (χ2v) is 7.03. The summed E-state index contributed by atoms with van der Waals surface area (Å²) in [5, 5.41) is 0. The Labute approximate surface area is 139 Å². The fraction of sp³-hybridized carbons (Fsp3) is 0.650. The molecule has 0 N–H and O–H groups in total. The molecule has 0 amide bonds. The van der Waals surface area contributed by atoms with Gasteiger partial charge in [0.15, 0.2) is 5.60 Å². The predicted octanol–water partition coefficient (Wildman–Crippen LogP) is 4.66. The Morgan fingerprint density at radius 3 is 2.61 bits per heavy atom. The predicted molar refractivity (Wildman–Crippen MR) is 90.2 cm³/mol. The van der Waals surface area contributed by atoms with Crippen molar-refractivity contribution in [2.24, 2.45) is 0 Å². The molecule has 0 spiro atoms. The second-order valence-electron chi connectivity index (χ2n) is 7.03. The van der Waals surface area contributed by atoms with E-state index in [1.165, 1.54) is 12.0 Å². The Morgan fingerprint density at radius 2 is 1.87 bits per heavy atom. The number of benzene rings is 1. The van der Waals surface area contributed by atoms with Crippen LogP contribution in [-0.2, 0) is 19.9 Å². The second kappa shape index (κ2) is 6.64.